The van der Waals surface area contributed by atoms with Gasteiger partial charge in [-0.05, 0) is 161 Å². The Bertz CT molecular complexity index is 4100. The minimum Gasteiger partial charge on any atom is -0.480 e. The number of amides is 19. The second-order valence-electron chi connectivity index (χ2n) is 38.5. The average molecular weight is 1960 g/mol. The molecule has 24 N–H and O–H groups in total. The van der Waals surface area contributed by atoms with Crippen LogP contribution in [-0.4, -0.2) is 265 Å². The molecule has 17 atom stereocenters. The molecule has 43 heteroatoms. The Morgan fingerprint density at radius 1 is 0.299 bits per heavy atom. The summed E-state index contributed by atoms with van der Waals surface area (Å²) in [5, 5.41) is 59.4. The van der Waals surface area contributed by atoms with Gasteiger partial charge in [0.25, 0.3) is 0 Å². The predicted octanol–water partition coefficient (Wildman–Crippen LogP) is -0.388. The molecule has 0 bridgehead atoms. The van der Waals surface area contributed by atoms with Crippen molar-refractivity contribution in [2.45, 2.75) is 326 Å². The van der Waals surface area contributed by atoms with Crippen molar-refractivity contribution in [3.63, 3.8) is 0 Å². The highest BCUT2D eigenvalue weighted by atomic mass is 32.2. The number of hydrogen-bond donors (Lipinski definition) is 22. The van der Waals surface area contributed by atoms with Crippen LogP contribution >= 0.6 is 11.8 Å². The molecule has 0 radical (unpaired) electrons. The molecule has 0 fully saturated rings. The summed E-state index contributed by atoms with van der Waals surface area (Å²) in [7, 11) is 0. The first-order valence-corrected chi connectivity index (χ1v) is 49.3. The van der Waals surface area contributed by atoms with Crippen LogP contribution in [0.4, 0.5) is 0 Å². The van der Waals surface area contributed by atoms with Gasteiger partial charge in [0.2, 0.25) is 112 Å². The van der Waals surface area contributed by atoms with Crippen molar-refractivity contribution in [3.8, 4) is 0 Å². The maximum atomic E-state index is 14.6. The molecule has 0 saturated carbocycles. The quantitative estimate of drug-likeness (QED) is 0.0369. The Balaban J connectivity index is 3.21. The number of carboxylic acids is 1. The summed E-state index contributed by atoms with van der Waals surface area (Å²) < 4.78 is 0. The molecule has 0 aliphatic carbocycles. The Morgan fingerprint density at radius 3 is 1.07 bits per heavy atom. The molecular weight excluding hydrogens is 1790 g/mol. The molecule has 776 valence electrons. The Kier molecular flexibility index (Phi) is 58.7. The largest absolute Gasteiger partial charge is 0.480 e. The van der Waals surface area contributed by atoms with Crippen LogP contribution < -0.4 is 112 Å². The van der Waals surface area contributed by atoms with Crippen LogP contribution in [-0.2, 0) is 102 Å². The lowest BCUT2D eigenvalue weighted by Gasteiger charge is -2.31. The van der Waals surface area contributed by atoms with Crippen molar-refractivity contribution in [1.29, 1.82) is 0 Å². The first kappa shape index (κ1) is 124. The van der Waals surface area contributed by atoms with E-state index >= 15 is 0 Å². The molecule has 1 aromatic rings. The first-order chi connectivity index (χ1) is 64.1. The van der Waals surface area contributed by atoms with Gasteiger partial charge >= 0.3 is 5.97 Å². The van der Waals surface area contributed by atoms with Crippen molar-refractivity contribution in [2.75, 3.05) is 51.3 Å². The molecule has 42 nitrogen and oxygen atoms in total. The van der Waals surface area contributed by atoms with Crippen LogP contribution in [0.1, 0.15) is 235 Å². The van der Waals surface area contributed by atoms with E-state index in [9.17, 15) is 101 Å². The van der Waals surface area contributed by atoms with Gasteiger partial charge in [-0.25, -0.2) is 4.79 Å². The van der Waals surface area contributed by atoms with Crippen LogP contribution in [0, 0.1) is 59.2 Å². The van der Waals surface area contributed by atoms with Gasteiger partial charge in [-0.2, -0.15) is 11.8 Å². The second-order valence-corrected chi connectivity index (χ2v) is 39.4. The average Bonchev–Trinajstić information content (AvgIpc) is 0.840. The van der Waals surface area contributed by atoms with Crippen LogP contribution in [0.25, 0.3) is 0 Å². The van der Waals surface area contributed by atoms with Crippen molar-refractivity contribution in [3.05, 3.63) is 35.9 Å². The fraction of sp³-hybridized carbons (Fsp3) is 0.723. The number of thioether (sulfide) groups is 1. The van der Waals surface area contributed by atoms with Gasteiger partial charge in [0.05, 0.1) is 32.7 Å². The molecule has 0 aliphatic heterocycles. The highest BCUT2D eigenvalue weighted by molar-refractivity contribution is 7.98. The Labute approximate surface area is 812 Å². The molecule has 1 aromatic carbocycles. The van der Waals surface area contributed by atoms with E-state index in [-0.39, 0.29) is 99.8 Å². The molecule has 0 aliphatic rings. The van der Waals surface area contributed by atoms with E-state index in [1.165, 1.54) is 25.6 Å². The summed E-state index contributed by atoms with van der Waals surface area (Å²) in [6.45, 7) is 35.1. The third-order valence-electron chi connectivity index (χ3n) is 22.3. The van der Waals surface area contributed by atoms with E-state index in [4.69, 9.17) is 11.5 Å². The fourth-order valence-corrected chi connectivity index (χ4v) is 14.7. The van der Waals surface area contributed by atoms with Gasteiger partial charge in [0, 0.05) is 6.42 Å². The number of rotatable bonds is 66. The molecule has 1 rings (SSSR count). The standard InChI is InChI=1S/C94H163N21O21S/c1-24-57(19)78(90(131)100-48-74(119)105-70(94(135)136)42-54(13)14)114-89(130)69(43-61-31-27-26-28-32-61)110-87(128)67(40-52(9)10)109-86(127)66(39-51(7)8)108-85(126)65(38-50(5)6)104-73(118)47-98-80(121)59(21)102-91(132)76(55(15)16)112-75(120)46-97-72(117)45-99-82(123)64(37-49(3)4)111-92(133)77(56(17)18)113-93(134)79(58(20)25-2)115-88(129)68(41-53(11)12)107-81(122)60(22)101-83(124)63(34-36-137-23)106-84(125)62(33-29-30-35-95)103-71(116)44-96/h26-28,31-32,49-60,62-70,76-79H,24-25,29-30,33-48,95-96H2,1-23H3,(H,97,117)(H,98,121)(H,99,123)(H,100,131)(H,101,124)(H,102,132)(H,103,116)(H,104,118)(H,105,119)(H,106,125)(H,107,122)(H,108,126)(H,109,127)(H,110,128)(H,111,133)(H,112,120)(H,113,134)(H,114,130)(H,115,129)(H,135,136)/t57-,58-,59-,60-,62-,63-,64-,65-,66-,67-,68-,69-,70-,76-,77-,78-,79-/m0/s1. The van der Waals surface area contributed by atoms with Crippen LogP contribution in [0.2, 0.25) is 0 Å². The number of carbonyl (C=O) groups excluding carboxylic acids is 19. The Hall–Kier alpha value is -11.1. The van der Waals surface area contributed by atoms with E-state index in [2.05, 4.69) is 101 Å². The number of nitrogens with two attached hydrogens (primary N) is 2. The fourth-order valence-electron chi connectivity index (χ4n) is 14.3. The van der Waals surface area contributed by atoms with E-state index < -0.39 is 259 Å². The van der Waals surface area contributed by atoms with Crippen molar-refractivity contribution < 1.29 is 101 Å². The van der Waals surface area contributed by atoms with Crippen molar-refractivity contribution in [1.82, 2.24) is 101 Å². The third-order valence-corrected chi connectivity index (χ3v) is 23.0. The summed E-state index contributed by atoms with van der Waals surface area (Å²) in [6.07, 6.45) is 4.40. The zero-order valence-electron chi connectivity index (χ0n) is 84.6. The second kappa shape index (κ2) is 64.9. The number of carbonyl (C=O) groups is 20. The normalized spacial score (nSPS) is 15.1. The number of benzene rings is 1. The summed E-state index contributed by atoms with van der Waals surface area (Å²) >= 11 is 1.41. The van der Waals surface area contributed by atoms with Gasteiger partial charge < -0.3 is 118 Å². The molecule has 0 saturated heterocycles. The molecule has 0 heterocycles. The Morgan fingerprint density at radius 2 is 0.613 bits per heavy atom. The highest BCUT2D eigenvalue weighted by Crippen LogP contribution is 2.19. The van der Waals surface area contributed by atoms with Gasteiger partial charge in [0.1, 0.15) is 90.6 Å². The minimum absolute atomic E-state index is 0.0524. The van der Waals surface area contributed by atoms with Crippen molar-refractivity contribution >= 4 is 130 Å². The third kappa shape index (κ3) is 49.2. The number of hydrogen-bond acceptors (Lipinski definition) is 23. The zero-order chi connectivity index (χ0) is 104. The van der Waals surface area contributed by atoms with Crippen LogP contribution in [0.15, 0.2) is 30.3 Å². The molecule has 0 aromatic heterocycles. The van der Waals surface area contributed by atoms with Crippen molar-refractivity contribution in [2.24, 2.45) is 70.6 Å². The van der Waals surface area contributed by atoms with Gasteiger partial charge in [-0.3, -0.25) is 91.1 Å². The number of aliphatic carboxylic acids is 1. The van der Waals surface area contributed by atoms with E-state index in [0.29, 0.717) is 43.5 Å². The molecule has 19 amide bonds. The predicted molar refractivity (Wildman–Crippen MR) is 520 cm³/mol. The lowest BCUT2D eigenvalue weighted by atomic mass is 9.95. The van der Waals surface area contributed by atoms with E-state index in [0.717, 1.165) is 0 Å². The number of nitrogens with one attached hydrogen (secondary N) is 19. The van der Waals surface area contributed by atoms with E-state index in [1.807, 2.05) is 34.0 Å². The van der Waals surface area contributed by atoms with Crippen LogP contribution in [0.3, 0.4) is 0 Å². The van der Waals surface area contributed by atoms with Gasteiger partial charge in [-0.15, -0.1) is 0 Å². The lowest BCUT2D eigenvalue weighted by molar-refractivity contribution is -0.142. The minimum atomic E-state index is -1.33. The molecule has 0 unspecified atom stereocenters. The number of carboxylic acid groups (broad SMARTS) is 1. The van der Waals surface area contributed by atoms with E-state index in [1.54, 1.807) is 141 Å². The topological polar surface area (TPSA) is 642 Å². The maximum Gasteiger partial charge on any atom is 0.326 e. The summed E-state index contributed by atoms with van der Waals surface area (Å²) in [5.41, 5.74) is 11.8. The molecular formula is C94H163N21O21S. The van der Waals surface area contributed by atoms with Gasteiger partial charge in [0.15, 0.2) is 0 Å². The lowest BCUT2D eigenvalue weighted by Crippen LogP contribution is -2.61. The monoisotopic (exact) mass is 1950 g/mol. The summed E-state index contributed by atoms with van der Waals surface area (Å²) in [6, 6.07) is -9.96. The first-order valence-electron chi connectivity index (χ1n) is 47.9. The number of unbranched alkanes of at least 4 members (excludes halogenated alkanes) is 1. The molecule has 137 heavy (non-hydrogen) atoms. The summed E-state index contributed by atoms with van der Waals surface area (Å²) in [5.74, 6) is -18.7. The smallest absolute Gasteiger partial charge is 0.326 e. The van der Waals surface area contributed by atoms with Gasteiger partial charge in [-0.1, -0.05) is 182 Å². The van der Waals surface area contributed by atoms with Crippen LogP contribution in [0.5, 0.6) is 0 Å². The highest BCUT2D eigenvalue weighted by Gasteiger charge is 2.40. The maximum absolute atomic E-state index is 14.6. The molecule has 0 spiro atoms. The zero-order valence-corrected chi connectivity index (χ0v) is 85.5. The SMILES string of the molecule is CC[C@H](C)[C@H](NC(=O)[C@H](Cc1ccccc1)NC(=O)[C@H](CC(C)C)NC(=O)[C@H](CC(C)C)NC(=O)[C@H](CC(C)C)NC(=O)CNC(=O)[C@H](C)NC(=O)[C@@H](NC(=O)CNC(=O)CNC(=O)[C@H](CC(C)C)NC(=O)[C@@H](NC(=O)[C@@H](NC(=O)[C@H](CC(C)C)NC(=O)[C@H](C)NC(=O)[C@H](CCSC)NC(=O)[C@H](CCCCN)NC(=O)CN)[C@@H](C)CC)C(C)C)C(C)C)C(=O)NCC(=O)N[C@@H](CC(C)C)C(=O)O. The summed E-state index contributed by atoms with van der Waals surface area (Å²) in [4.78, 5) is 274.